The van der Waals surface area contributed by atoms with E-state index in [1.54, 1.807) is 0 Å². The van der Waals surface area contributed by atoms with Gasteiger partial charge >= 0.3 is 0 Å². The highest BCUT2D eigenvalue weighted by molar-refractivity contribution is 5.53. The second-order valence-electron chi connectivity index (χ2n) is 5.79. The summed E-state index contributed by atoms with van der Waals surface area (Å²) >= 11 is 0. The zero-order valence-corrected chi connectivity index (χ0v) is 11.7. The molecule has 2 rings (SSSR count). The minimum absolute atomic E-state index is 0.240. The van der Waals surface area contributed by atoms with E-state index in [0.29, 0.717) is 30.9 Å². The third-order valence-electron chi connectivity index (χ3n) is 4.16. The first-order valence-corrected chi connectivity index (χ1v) is 6.89. The van der Waals surface area contributed by atoms with E-state index in [-0.39, 0.29) is 6.61 Å². The summed E-state index contributed by atoms with van der Waals surface area (Å²) in [6, 6.07) is 1.36. The Kier molecular flexibility index (Phi) is 4.41. The molecule has 0 heterocycles. The van der Waals surface area contributed by atoms with Crippen LogP contribution in [0.4, 0.5) is 20.2 Å². The molecule has 0 atom stereocenters. The van der Waals surface area contributed by atoms with Crippen molar-refractivity contribution >= 4 is 11.4 Å². The summed E-state index contributed by atoms with van der Waals surface area (Å²) in [5.74, 6) is -1.53. The number of hydrogen-bond donors (Lipinski definition) is 2. The molecular weight excluding hydrogens is 282 g/mol. The molecule has 116 valence electrons. The first kappa shape index (κ1) is 15.6. The van der Waals surface area contributed by atoms with E-state index < -0.39 is 33.5 Å². The van der Waals surface area contributed by atoms with Crippen LogP contribution in [0.3, 0.4) is 0 Å². The van der Waals surface area contributed by atoms with Gasteiger partial charge in [0.2, 0.25) is 0 Å². The molecule has 1 aliphatic carbocycles. The number of aliphatic hydroxyl groups excluding tert-OH is 1. The van der Waals surface area contributed by atoms with Crippen molar-refractivity contribution in [2.45, 2.75) is 38.1 Å². The van der Waals surface area contributed by atoms with Crippen LogP contribution in [0, 0.1) is 27.7 Å². The molecule has 0 amide bonds. The molecule has 0 bridgehead atoms. The lowest BCUT2D eigenvalue weighted by Gasteiger charge is -2.39. The van der Waals surface area contributed by atoms with Gasteiger partial charge in [-0.3, -0.25) is 10.1 Å². The maximum absolute atomic E-state index is 13.9. The van der Waals surface area contributed by atoms with Crippen molar-refractivity contribution in [3.63, 3.8) is 0 Å². The molecule has 0 radical (unpaired) electrons. The summed E-state index contributed by atoms with van der Waals surface area (Å²) in [6.45, 7) is 1.85. The van der Waals surface area contributed by atoms with Crippen LogP contribution in [0.25, 0.3) is 0 Å². The largest absolute Gasteiger partial charge is 0.394 e. The summed E-state index contributed by atoms with van der Waals surface area (Å²) in [5, 5.41) is 22.9. The van der Waals surface area contributed by atoms with Gasteiger partial charge in [-0.15, -0.1) is 0 Å². The number of aliphatic hydroxyl groups is 1. The maximum Gasteiger partial charge on any atom is 0.275 e. The quantitative estimate of drug-likeness (QED) is 0.661. The lowest BCUT2D eigenvalue weighted by molar-refractivity contribution is -0.385. The zero-order chi connectivity index (χ0) is 15.6. The summed E-state index contributed by atoms with van der Waals surface area (Å²) in [6.07, 6.45) is 2.90. The Bertz CT molecular complexity index is 520. The second kappa shape index (κ2) is 5.93. The molecule has 1 aromatic carbocycles. The third kappa shape index (κ3) is 3.29. The third-order valence-corrected chi connectivity index (χ3v) is 4.16. The Hall–Kier alpha value is -1.76. The molecule has 0 aliphatic heterocycles. The molecule has 1 aliphatic rings. The van der Waals surface area contributed by atoms with E-state index in [2.05, 4.69) is 12.2 Å². The smallest absolute Gasteiger partial charge is 0.275 e. The molecule has 0 saturated heterocycles. The molecule has 0 unspecified atom stereocenters. The van der Waals surface area contributed by atoms with E-state index >= 15 is 0 Å². The van der Waals surface area contributed by atoms with Gasteiger partial charge in [0.25, 0.3) is 5.69 Å². The summed E-state index contributed by atoms with van der Waals surface area (Å²) in [4.78, 5) is 9.73. The van der Waals surface area contributed by atoms with Gasteiger partial charge < -0.3 is 10.4 Å². The topological polar surface area (TPSA) is 75.4 Å². The van der Waals surface area contributed by atoms with Crippen molar-refractivity contribution in [1.29, 1.82) is 0 Å². The Morgan fingerprint density at radius 2 is 1.90 bits per heavy atom. The standard InChI is InChI=1S/C14H18F2N2O3/c1-9-2-4-14(8-19,5-3-9)17-13-11(15)6-10(18(20)21)7-12(13)16/h6-7,9,17,19H,2-5,8H2,1H3. The van der Waals surface area contributed by atoms with Crippen molar-refractivity contribution in [2.75, 3.05) is 11.9 Å². The van der Waals surface area contributed by atoms with Gasteiger partial charge in [0.15, 0.2) is 11.6 Å². The second-order valence-corrected chi connectivity index (χ2v) is 5.79. The SMILES string of the molecule is CC1CCC(CO)(Nc2c(F)cc([N+](=O)[O-])cc2F)CC1. The molecule has 21 heavy (non-hydrogen) atoms. The minimum Gasteiger partial charge on any atom is -0.394 e. The fourth-order valence-corrected chi connectivity index (χ4v) is 2.69. The predicted octanol–water partition coefficient (Wildman–Crippen LogP) is 3.23. The van der Waals surface area contributed by atoms with Crippen molar-refractivity contribution in [3.05, 3.63) is 33.9 Å². The Labute approximate surface area is 121 Å². The summed E-state index contributed by atoms with van der Waals surface area (Å²) < 4.78 is 27.8. The monoisotopic (exact) mass is 300 g/mol. The van der Waals surface area contributed by atoms with Crippen molar-refractivity contribution in [3.8, 4) is 0 Å². The number of rotatable bonds is 4. The average molecular weight is 300 g/mol. The number of nitro benzene ring substituents is 1. The normalized spacial score (nSPS) is 25.6. The molecule has 2 N–H and O–H groups in total. The van der Waals surface area contributed by atoms with Crippen LogP contribution in [0.15, 0.2) is 12.1 Å². The minimum atomic E-state index is -1.02. The van der Waals surface area contributed by atoms with Gasteiger partial charge in [-0.1, -0.05) is 6.92 Å². The number of halogens is 2. The fraction of sp³-hybridized carbons (Fsp3) is 0.571. The highest BCUT2D eigenvalue weighted by Crippen LogP contribution is 2.36. The van der Waals surface area contributed by atoms with Crippen LogP contribution < -0.4 is 5.32 Å². The molecule has 5 nitrogen and oxygen atoms in total. The molecule has 1 fully saturated rings. The van der Waals surface area contributed by atoms with E-state index in [1.807, 2.05) is 0 Å². The predicted molar refractivity (Wildman–Crippen MR) is 74.1 cm³/mol. The van der Waals surface area contributed by atoms with Crippen molar-refractivity contribution in [2.24, 2.45) is 5.92 Å². The Morgan fingerprint density at radius 1 is 1.38 bits per heavy atom. The van der Waals surface area contributed by atoms with Crippen LogP contribution >= 0.6 is 0 Å². The van der Waals surface area contributed by atoms with E-state index in [1.165, 1.54) is 0 Å². The molecule has 0 aromatic heterocycles. The lowest BCUT2D eigenvalue weighted by atomic mass is 9.77. The average Bonchev–Trinajstić information content (AvgIpc) is 2.45. The zero-order valence-electron chi connectivity index (χ0n) is 11.7. The van der Waals surface area contributed by atoms with Crippen LogP contribution in [-0.4, -0.2) is 22.2 Å². The van der Waals surface area contributed by atoms with Crippen LogP contribution in [0.5, 0.6) is 0 Å². The number of benzene rings is 1. The fourth-order valence-electron chi connectivity index (χ4n) is 2.69. The first-order valence-electron chi connectivity index (χ1n) is 6.89. The number of hydrogen-bond acceptors (Lipinski definition) is 4. The maximum atomic E-state index is 13.9. The van der Waals surface area contributed by atoms with E-state index in [4.69, 9.17) is 0 Å². The van der Waals surface area contributed by atoms with Crippen LogP contribution in [0.1, 0.15) is 32.6 Å². The van der Waals surface area contributed by atoms with Gasteiger partial charge in [-0.2, -0.15) is 0 Å². The number of non-ortho nitro benzene ring substituents is 1. The van der Waals surface area contributed by atoms with Crippen LogP contribution in [-0.2, 0) is 0 Å². The lowest BCUT2D eigenvalue weighted by Crippen LogP contribution is -2.45. The summed E-state index contributed by atoms with van der Waals surface area (Å²) in [7, 11) is 0. The molecule has 7 heteroatoms. The van der Waals surface area contributed by atoms with E-state index in [9.17, 15) is 24.0 Å². The molecule has 0 spiro atoms. The van der Waals surface area contributed by atoms with E-state index in [0.717, 1.165) is 12.8 Å². The highest BCUT2D eigenvalue weighted by Gasteiger charge is 2.35. The molecule has 1 saturated carbocycles. The number of nitrogens with zero attached hydrogens (tertiary/aromatic N) is 1. The van der Waals surface area contributed by atoms with Crippen LogP contribution in [0.2, 0.25) is 0 Å². The number of nitrogens with one attached hydrogen (secondary N) is 1. The van der Waals surface area contributed by atoms with Crippen molar-refractivity contribution in [1.82, 2.24) is 0 Å². The summed E-state index contributed by atoms with van der Waals surface area (Å²) in [5.41, 5.74) is -1.82. The first-order chi connectivity index (χ1) is 9.87. The van der Waals surface area contributed by atoms with Gasteiger partial charge in [-0.25, -0.2) is 8.78 Å². The molecule has 1 aromatic rings. The van der Waals surface area contributed by atoms with Gasteiger partial charge in [-0.05, 0) is 31.6 Å². The number of anilines is 1. The highest BCUT2D eigenvalue weighted by atomic mass is 19.1. The Morgan fingerprint density at radius 3 is 2.33 bits per heavy atom. The van der Waals surface area contributed by atoms with Gasteiger partial charge in [0.05, 0.1) is 29.2 Å². The molecular formula is C14H18F2N2O3. The van der Waals surface area contributed by atoms with Crippen molar-refractivity contribution < 1.29 is 18.8 Å². The van der Waals surface area contributed by atoms with Gasteiger partial charge in [0, 0.05) is 0 Å². The number of nitro groups is 1. The van der Waals surface area contributed by atoms with Gasteiger partial charge in [0.1, 0.15) is 5.69 Å². The Balaban J connectivity index is 2.28.